The molecule has 0 aliphatic heterocycles. The van der Waals surface area contributed by atoms with Crippen LogP contribution in [-0.4, -0.2) is 15.6 Å². The molecule has 84 valence electrons. The number of aromatic carboxylic acids is 1. The van der Waals surface area contributed by atoms with Crippen molar-refractivity contribution in [2.75, 3.05) is 0 Å². The summed E-state index contributed by atoms with van der Waals surface area (Å²) in [7, 11) is 0. The zero-order chi connectivity index (χ0) is 11.7. The van der Waals surface area contributed by atoms with Crippen molar-refractivity contribution in [3.05, 3.63) is 33.4 Å². The van der Waals surface area contributed by atoms with Crippen LogP contribution in [0.2, 0.25) is 0 Å². The fourth-order valence-electron chi connectivity index (χ4n) is 1.67. The van der Waals surface area contributed by atoms with Gasteiger partial charge < -0.3 is 9.67 Å². The van der Waals surface area contributed by atoms with E-state index in [2.05, 4.69) is 0 Å². The molecule has 2 rings (SSSR count). The Morgan fingerprint density at radius 1 is 1.56 bits per heavy atom. The second kappa shape index (κ2) is 4.09. The first kappa shape index (κ1) is 10.9. The summed E-state index contributed by atoms with van der Waals surface area (Å²) < 4.78 is 1.84. The third-order valence-corrected chi connectivity index (χ3v) is 3.32. The van der Waals surface area contributed by atoms with Gasteiger partial charge in [-0.3, -0.25) is 4.79 Å². The van der Waals surface area contributed by atoms with Crippen molar-refractivity contribution in [1.29, 1.82) is 0 Å². The minimum Gasteiger partial charge on any atom is -0.477 e. The van der Waals surface area contributed by atoms with Crippen LogP contribution in [0.4, 0.5) is 0 Å². The molecule has 2 aromatic rings. The first-order chi connectivity index (χ1) is 7.65. The SMILES string of the molecule is CCCn1cc(C(=O)O)c(=O)c2ccsc21. The first-order valence-corrected chi connectivity index (χ1v) is 5.87. The summed E-state index contributed by atoms with van der Waals surface area (Å²) in [6.45, 7) is 2.73. The van der Waals surface area contributed by atoms with Crippen LogP contribution in [0, 0.1) is 0 Å². The zero-order valence-corrected chi connectivity index (χ0v) is 9.58. The minimum atomic E-state index is -1.16. The lowest BCUT2D eigenvalue weighted by atomic mass is 10.2. The Morgan fingerprint density at radius 3 is 2.94 bits per heavy atom. The largest absolute Gasteiger partial charge is 0.477 e. The predicted molar refractivity (Wildman–Crippen MR) is 63.3 cm³/mol. The fraction of sp³-hybridized carbons (Fsp3) is 0.273. The zero-order valence-electron chi connectivity index (χ0n) is 8.77. The second-order valence-electron chi connectivity index (χ2n) is 3.51. The summed E-state index contributed by atoms with van der Waals surface area (Å²) >= 11 is 1.46. The van der Waals surface area contributed by atoms with Gasteiger partial charge in [0.2, 0.25) is 5.43 Å². The molecule has 4 nitrogen and oxygen atoms in total. The number of carbonyl (C=O) groups is 1. The molecule has 0 bridgehead atoms. The molecule has 0 aromatic carbocycles. The van der Waals surface area contributed by atoms with Crippen LogP contribution in [0.5, 0.6) is 0 Å². The van der Waals surface area contributed by atoms with Gasteiger partial charge in [0.05, 0.1) is 5.39 Å². The van der Waals surface area contributed by atoms with Gasteiger partial charge in [0.25, 0.3) is 0 Å². The average Bonchev–Trinajstić information content (AvgIpc) is 2.71. The maximum atomic E-state index is 11.8. The molecule has 0 amide bonds. The Labute approximate surface area is 95.8 Å². The van der Waals surface area contributed by atoms with Crippen molar-refractivity contribution < 1.29 is 9.90 Å². The lowest BCUT2D eigenvalue weighted by Gasteiger charge is -2.07. The summed E-state index contributed by atoms with van der Waals surface area (Å²) in [6.07, 6.45) is 2.34. The number of carboxylic acid groups (broad SMARTS) is 1. The van der Waals surface area contributed by atoms with E-state index in [1.807, 2.05) is 16.9 Å². The number of aryl methyl sites for hydroxylation is 1. The van der Waals surface area contributed by atoms with Crippen molar-refractivity contribution in [2.45, 2.75) is 19.9 Å². The molecule has 0 unspecified atom stereocenters. The predicted octanol–water partition coefficient (Wildman–Crippen LogP) is 2.17. The number of hydrogen-bond donors (Lipinski definition) is 1. The Kier molecular flexibility index (Phi) is 2.78. The normalized spacial score (nSPS) is 10.8. The van der Waals surface area contributed by atoms with E-state index >= 15 is 0 Å². The highest BCUT2D eigenvalue weighted by Gasteiger charge is 2.14. The van der Waals surface area contributed by atoms with Crippen LogP contribution >= 0.6 is 11.3 Å². The van der Waals surface area contributed by atoms with Crippen LogP contribution in [0.25, 0.3) is 10.2 Å². The molecule has 2 aromatic heterocycles. The van der Waals surface area contributed by atoms with Gasteiger partial charge in [-0.1, -0.05) is 6.92 Å². The third-order valence-electron chi connectivity index (χ3n) is 2.37. The molecule has 0 aliphatic rings. The van der Waals surface area contributed by atoms with Crippen LogP contribution < -0.4 is 5.43 Å². The lowest BCUT2D eigenvalue weighted by Crippen LogP contribution is -2.17. The first-order valence-electron chi connectivity index (χ1n) is 4.99. The molecule has 1 N–H and O–H groups in total. The number of thiophene rings is 1. The van der Waals surface area contributed by atoms with Gasteiger partial charge in [-0.25, -0.2) is 4.79 Å². The van der Waals surface area contributed by atoms with Gasteiger partial charge in [0.15, 0.2) is 0 Å². The van der Waals surface area contributed by atoms with Gasteiger partial charge in [-0.05, 0) is 17.9 Å². The van der Waals surface area contributed by atoms with E-state index in [-0.39, 0.29) is 5.56 Å². The van der Waals surface area contributed by atoms with Gasteiger partial charge in [-0.2, -0.15) is 0 Å². The number of rotatable bonds is 3. The number of nitrogens with zero attached hydrogens (tertiary/aromatic N) is 1. The highest BCUT2D eigenvalue weighted by molar-refractivity contribution is 7.16. The molecule has 0 spiro atoms. The maximum absolute atomic E-state index is 11.8. The molecular formula is C11H11NO3S. The minimum absolute atomic E-state index is 0.153. The van der Waals surface area contributed by atoms with E-state index < -0.39 is 11.4 Å². The van der Waals surface area contributed by atoms with Crippen LogP contribution in [0.3, 0.4) is 0 Å². The topological polar surface area (TPSA) is 59.3 Å². The van der Waals surface area contributed by atoms with Crippen molar-refractivity contribution in [3.63, 3.8) is 0 Å². The second-order valence-corrected chi connectivity index (χ2v) is 4.40. The summed E-state index contributed by atoms with van der Waals surface area (Å²) in [4.78, 5) is 23.6. The molecule has 0 aliphatic carbocycles. The molecule has 2 heterocycles. The van der Waals surface area contributed by atoms with Crippen molar-refractivity contribution in [1.82, 2.24) is 4.57 Å². The summed E-state index contributed by atoms with van der Waals surface area (Å²) in [5.74, 6) is -1.16. The molecule has 0 fully saturated rings. The maximum Gasteiger partial charge on any atom is 0.341 e. The van der Waals surface area contributed by atoms with E-state index in [4.69, 9.17) is 5.11 Å². The number of hydrogen-bond acceptors (Lipinski definition) is 3. The van der Waals surface area contributed by atoms with Gasteiger partial charge >= 0.3 is 5.97 Å². The average molecular weight is 237 g/mol. The van der Waals surface area contributed by atoms with Crippen molar-refractivity contribution in [2.24, 2.45) is 0 Å². The molecule has 0 saturated heterocycles. The Morgan fingerprint density at radius 2 is 2.31 bits per heavy atom. The highest BCUT2D eigenvalue weighted by atomic mass is 32.1. The van der Waals surface area contributed by atoms with E-state index in [1.54, 1.807) is 6.07 Å². The van der Waals surface area contributed by atoms with Gasteiger partial charge in [0, 0.05) is 12.7 Å². The standard InChI is InChI=1S/C11H11NO3S/c1-2-4-12-6-8(11(14)15)9(13)7-3-5-16-10(7)12/h3,5-6H,2,4H2,1H3,(H,14,15). The molecule has 0 radical (unpaired) electrons. The van der Waals surface area contributed by atoms with E-state index in [0.29, 0.717) is 5.39 Å². The lowest BCUT2D eigenvalue weighted by molar-refractivity contribution is 0.0695. The summed E-state index contributed by atoms with van der Waals surface area (Å²) in [5, 5.41) is 11.3. The van der Waals surface area contributed by atoms with Crippen molar-refractivity contribution in [3.8, 4) is 0 Å². The molecular weight excluding hydrogens is 226 g/mol. The third kappa shape index (κ3) is 1.63. The quantitative estimate of drug-likeness (QED) is 0.890. The molecule has 16 heavy (non-hydrogen) atoms. The molecule has 0 atom stereocenters. The van der Waals surface area contributed by atoms with Crippen LogP contribution in [0.1, 0.15) is 23.7 Å². The number of aromatic nitrogens is 1. The van der Waals surface area contributed by atoms with E-state index in [0.717, 1.165) is 17.8 Å². The Balaban J connectivity index is 2.80. The van der Waals surface area contributed by atoms with Crippen LogP contribution in [0.15, 0.2) is 22.4 Å². The summed E-state index contributed by atoms with van der Waals surface area (Å²) in [6, 6.07) is 1.68. The number of fused-ring (bicyclic) bond motifs is 1. The van der Waals surface area contributed by atoms with E-state index in [9.17, 15) is 9.59 Å². The van der Waals surface area contributed by atoms with E-state index in [1.165, 1.54) is 17.5 Å². The Hall–Kier alpha value is -1.62. The monoisotopic (exact) mass is 237 g/mol. The fourth-order valence-corrected chi connectivity index (χ4v) is 2.57. The molecule has 0 saturated carbocycles. The Bertz CT molecular complexity index is 597. The summed E-state index contributed by atoms with van der Waals surface area (Å²) in [5.41, 5.74) is -0.546. The van der Waals surface area contributed by atoms with Crippen LogP contribution in [-0.2, 0) is 6.54 Å². The van der Waals surface area contributed by atoms with Gasteiger partial charge in [-0.15, -0.1) is 11.3 Å². The number of pyridine rings is 1. The number of carboxylic acids is 1. The van der Waals surface area contributed by atoms with Gasteiger partial charge in [0.1, 0.15) is 10.4 Å². The van der Waals surface area contributed by atoms with Crippen molar-refractivity contribution >= 4 is 27.5 Å². The smallest absolute Gasteiger partial charge is 0.341 e. The molecule has 5 heteroatoms. The highest BCUT2D eigenvalue weighted by Crippen LogP contribution is 2.18.